The van der Waals surface area contributed by atoms with Gasteiger partial charge in [-0.05, 0) is 23.6 Å². The summed E-state index contributed by atoms with van der Waals surface area (Å²) in [5.74, 6) is -0.198. The maximum Gasteiger partial charge on any atom is 0.241 e. The number of carbonyl (C=O) groups excluding carboxylic acids is 1. The Hall–Kier alpha value is -1.72. The molecular formula is C14H19ClN4O. The highest BCUT2D eigenvalue weighted by molar-refractivity contribution is 5.96. The van der Waals surface area contributed by atoms with Gasteiger partial charge in [0.2, 0.25) is 5.91 Å². The molecule has 1 aromatic heterocycles. The zero-order chi connectivity index (χ0) is 14.0. The molecule has 0 unspecified atom stereocenters. The number of amides is 1. The first kappa shape index (κ1) is 16.3. The van der Waals surface area contributed by atoms with Crippen LogP contribution >= 0.6 is 12.4 Å². The highest BCUT2D eigenvalue weighted by Gasteiger charge is 2.27. The van der Waals surface area contributed by atoms with Crippen molar-refractivity contribution in [1.82, 2.24) is 9.97 Å². The number of hydrogen-bond acceptors (Lipinski definition) is 4. The Morgan fingerprint density at radius 1 is 1.20 bits per heavy atom. The van der Waals surface area contributed by atoms with Gasteiger partial charge in [0.1, 0.15) is 0 Å². The number of nitrogens with zero attached hydrogens (tertiary/aromatic N) is 2. The Morgan fingerprint density at radius 2 is 1.80 bits per heavy atom. The van der Waals surface area contributed by atoms with Crippen molar-refractivity contribution >= 4 is 35.0 Å². The average molecular weight is 295 g/mol. The first-order valence-electron chi connectivity index (χ1n) is 6.15. The maximum absolute atomic E-state index is 12.0. The van der Waals surface area contributed by atoms with Gasteiger partial charge in [-0.3, -0.25) is 14.8 Å². The molecule has 0 fully saturated rings. The molecule has 0 saturated carbocycles. The van der Waals surface area contributed by atoms with Gasteiger partial charge in [0.15, 0.2) is 0 Å². The normalized spacial score (nSPS) is 12.6. The van der Waals surface area contributed by atoms with Crippen LogP contribution in [-0.2, 0) is 4.79 Å². The van der Waals surface area contributed by atoms with E-state index in [0.717, 1.165) is 11.0 Å². The van der Waals surface area contributed by atoms with E-state index in [1.165, 1.54) is 0 Å². The fourth-order valence-electron chi connectivity index (χ4n) is 1.65. The molecule has 1 aromatic carbocycles. The van der Waals surface area contributed by atoms with Gasteiger partial charge in [-0.2, -0.15) is 0 Å². The van der Waals surface area contributed by atoms with Gasteiger partial charge in [-0.25, -0.2) is 0 Å². The van der Waals surface area contributed by atoms with Crippen molar-refractivity contribution in [3.05, 3.63) is 30.6 Å². The number of nitrogens with one attached hydrogen (secondary N) is 1. The van der Waals surface area contributed by atoms with E-state index in [4.69, 9.17) is 5.73 Å². The monoisotopic (exact) mass is 294 g/mol. The van der Waals surface area contributed by atoms with Gasteiger partial charge >= 0.3 is 0 Å². The summed E-state index contributed by atoms with van der Waals surface area (Å²) in [7, 11) is 0. The Kier molecular flexibility index (Phi) is 5.03. The second-order valence-corrected chi connectivity index (χ2v) is 5.59. The first-order valence-corrected chi connectivity index (χ1v) is 6.15. The van der Waals surface area contributed by atoms with Crippen molar-refractivity contribution in [2.45, 2.75) is 26.8 Å². The highest BCUT2D eigenvalue weighted by Crippen LogP contribution is 2.20. The minimum Gasteiger partial charge on any atom is -0.325 e. The largest absolute Gasteiger partial charge is 0.325 e. The molecule has 1 atom stereocenters. The minimum absolute atomic E-state index is 0. The average Bonchev–Trinajstić information content (AvgIpc) is 2.36. The molecule has 6 heteroatoms. The van der Waals surface area contributed by atoms with Crippen LogP contribution in [0.25, 0.3) is 11.0 Å². The minimum atomic E-state index is -0.565. The summed E-state index contributed by atoms with van der Waals surface area (Å²) in [5.41, 5.74) is 7.85. The number of benzene rings is 1. The summed E-state index contributed by atoms with van der Waals surface area (Å²) in [6.07, 6.45) is 3.25. The molecule has 0 aliphatic heterocycles. The van der Waals surface area contributed by atoms with Gasteiger partial charge in [0.05, 0.1) is 17.1 Å². The molecule has 108 valence electrons. The fraction of sp³-hybridized carbons (Fsp3) is 0.357. The third-order valence-corrected chi connectivity index (χ3v) is 2.95. The summed E-state index contributed by atoms with van der Waals surface area (Å²) in [6, 6.07) is 4.84. The molecule has 0 spiro atoms. The molecule has 5 nitrogen and oxygen atoms in total. The molecule has 2 aromatic rings. The molecule has 0 radical (unpaired) electrons. The molecule has 0 aliphatic carbocycles. The molecule has 1 heterocycles. The van der Waals surface area contributed by atoms with Crippen molar-refractivity contribution in [3.63, 3.8) is 0 Å². The summed E-state index contributed by atoms with van der Waals surface area (Å²) in [6.45, 7) is 5.80. The van der Waals surface area contributed by atoms with Crippen molar-refractivity contribution in [1.29, 1.82) is 0 Å². The molecule has 3 N–H and O–H groups in total. The van der Waals surface area contributed by atoms with Crippen LogP contribution in [-0.4, -0.2) is 21.9 Å². The lowest BCUT2D eigenvalue weighted by Gasteiger charge is -2.25. The number of carbonyl (C=O) groups is 1. The van der Waals surface area contributed by atoms with E-state index in [-0.39, 0.29) is 23.7 Å². The van der Waals surface area contributed by atoms with Crippen LogP contribution in [0.3, 0.4) is 0 Å². The van der Waals surface area contributed by atoms with Crippen LogP contribution in [0, 0.1) is 5.41 Å². The Morgan fingerprint density at radius 3 is 2.40 bits per heavy atom. The zero-order valence-corrected chi connectivity index (χ0v) is 12.6. The van der Waals surface area contributed by atoms with E-state index in [2.05, 4.69) is 15.3 Å². The Bertz CT molecular complexity index is 609. The Balaban J connectivity index is 0.00000200. The predicted octanol–water partition coefficient (Wildman–Crippen LogP) is 2.36. The zero-order valence-electron chi connectivity index (χ0n) is 11.8. The molecule has 1 amide bonds. The molecular weight excluding hydrogens is 276 g/mol. The van der Waals surface area contributed by atoms with E-state index < -0.39 is 6.04 Å². The van der Waals surface area contributed by atoms with E-state index in [1.54, 1.807) is 24.5 Å². The number of fused-ring (bicyclic) bond motifs is 1. The van der Waals surface area contributed by atoms with E-state index in [9.17, 15) is 4.79 Å². The maximum atomic E-state index is 12.0. The lowest BCUT2D eigenvalue weighted by Crippen LogP contribution is -2.45. The summed E-state index contributed by atoms with van der Waals surface area (Å²) >= 11 is 0. The fourth-order valence-corrected chi connectivity index (χ4v) is 1.65. The van der Waals surface area contributed by atoms with Crippen LogP contribution in [0.4, 0.5) is 5.69 Å². The van der Waals surface area contributed by atoms with Crippen LogP contribution in [0.2, 0.25) is 0 Å². The Labute approximate surface area is 124 Å². The number of aromatic nitrogens is 2. The van der Waals surface area contributed by atoms with E-state index in [0.29, 0.717) is 5.69 Å². The van der Waals surface area contributed by atoms with Gasteiger partial charge < -0.3 is 11.1 Å². The first-order chi connectivity index (χ1) is 8.88. The quantitative estimate of drug-likeness (QED) is 0.891. The summed E-state index contributed by atoms with van der Waals surface area (Å²) in [4.78, 5) is 20.4. The highest BCUT2D eigenvalue weighted by atomic mass is 35.5. The number of halogens is 1. The van der Waals surface area contributed by atoms with Gasteiger partial charge in [-0.15, -0.1) is 12.4 Å². The van der Waals surface area contributed by atoms with Crippen molar-refractivity contribution in [2.75, 3.05) is 5.32 Å². The molecule has 20 heavy (non-hydrogen) atoms. The third kappa shape index (κ3) is 3.65. The smallest absolute Gasteiger partial charge is 0.241 e. The molecule has 2 rings (SSSR count). The summed E-state index contributed by atoms with van der Waals surface area (Å²) in [5, 5.41) is 2.81. The number of anilines is 1. The molecule has 0 bridgehead atoms. The topological polar surface area (TPSA) is 80.9 Å². The second kappa shape index (κ2) is 6.15. The lowest BCUT2D eigenvalue weighted by atomic mass is 9.87. The van der Waals surface area contributed by atoms with Gasteiger partial charge in [0, 0.05) is 18.1 Å². The van der Waals surface area contributed by atoms with Crippen LogP contribution in [0.5, 0.6) is 0 Å². The molecule has 0 saturated heterocycles. The number of hydrogen-bond donors (Lipinski definition) is 2. The lowest BCUT2D eigenvalue weighted by molar-refractivity contribution is -0.119. The van der Waals surface area contributed by atoms with Crippen LogP contribution in [0.15, 0.2) is 30.6 Å². The number of rotatable bonds is 2. The van der Waals surface area contributed by atoms with Crippen LogP contribution in [0.1, 0.15) is 20.8 Å². The van der Waals surface area contributed by atoms with Crippen molar-refractivity contribution in [2.24, 2.45) is 11.1 Å². The van der Waals surface area contributed by atoms with Gasteiger partial charge in [0.25, 0.3) is 0 Å². The molecule has 0 aliphatic rings. The summed E-state index contributed by atoms with van der Waals surface area (Å²) < 4.78 is 0. The van der Waals surface area contributed by atoms with E-state index >= 15 is 0 Å². The number of nitrogens with two attached hydrogens (primary N) is 1. The van der Waals surface area contributed by atoms with Crippen LogP contribution < -0.4 is 11.1 Å². The van der Waals surface area contributed by atoms with Gasteiger partial charge in [-0.1, -0.05) is 20.8 Å². The second-order valence-electron chi connectivity index (χ2n) is 5.59. The standard InChI is InChI=1S/C14H18N4O.ClH/c1-14(2,3)12(15)13(19)18-9-4-5-10-11(8-9)17-7-6-16-10;/h4-8,12H,15H2,1-3H3,(H,18,19);1H/t12-;/m1./s1. The SMILES string of the molecule is CC(C)(C)[C@H](N)C(=O)Nc1ccc2nccnc2c1.Cl. The predicted molar refractivity (Wildman–Crippen MR) is 82.8 cm³/mol. The van der Waals surface area contributed by atoms with Crippen molar-refractivity contribution in [3.8, 4) is 0 Å². The van der Waals surface area contributed by atoms with E-state index in [1.807, 2.05) is 26.8 Å². The third-order valence-electron chi connectivity index (χ3n) is 2.95. The van der Waals surface area contributed by atoms with Crippen molar-refractivity contribution < 1.29 is 4.79 Å².